The van der Waals surface area contributed by atoms with Crippen molar-refractivity contribution in [1.82, 2.24) is 14.8 Å². The van der Waals surface area contributed by atoms with Crippen LogP contribution in [0, 0.1) is 13.8 Å². The van der Waals surface area contributed by atoms with Gasteiger partial charge in [0.1, 0.15) is 0 Å². The van der Waals surface area contributed by atoms with Crippen molar-refractivity contribution < 1.29 is 4.79 Å². The summed E-state index contributed by atoms with van der Waals surface area (Å²) in [6.45, 7) is 4.69. The topological polar surface area (TPSA) is 63.1 Å². The number of aromatic nitrogens is 3. The van der Waals surface area contributed by atoms with E-state index in [2.05, 4.69) is 47.6 Å². The molecule has 0 spiro atoms. The van der Waals surface area contributed by atoms with Gasteiger partial charge in [0.15, 0.2) is 11.0 Å². The first-order valence-corrected chi connectivity index (χ1v) is 13.5. The zero-order valence-electron chi connectivity index (χ0n) is 21.4. The minimum Gasteiger partial charge on any atom is -0.377 e. The molecule has 0 aliphatic carbocycles. The van der Waals surface area contributed by atoms with Crippen LogP contribution in [0.25, 0.3) is 5.69 Å². The lowest BCUT2D eigenvalue weighted by molar-refractivity contribution is -0.115. The number of rotatable bonds is 9. The summed E-state index contributed by atoms with van der Waals surface area (Å²) in [6.07, 6.45) is 0. The van der Waals surface area contributed by atoms with Crippen molar-refractivity contribution in [2.75, 3.05) is 16.0 Å². The van der Waals surface area contributed by atoms with Gasteiger partial charge < -0.3 is 5.32 Å². The van der Waals surface area contributed by atoms with Crippen LogP contribution in [0.5, 0.6) is 0 Å². The molecule has 1 aromatic heterocycles. The van der Waals surface area contributed by atoms with Crippen LogP contribution in [-0.2, 0) is 11.3 Å². The summed E-state index contributed by atoms with van der Waals surface area (Å²) in [7, 11) is 0. The van der Waals surface area contributed by atoms with Crippen molar-refractivity contribution in [2.45, 2.75) is 25.5 Å². The molecule has 0 unspecified atom stereocenters. The Morgan fingerprint density at radius 1 is 0.763 bits per heavy atom. The number of benzene rings is 4. The highest BCUT2D eigenvalue weighted by molar-refractivity contribution is 7.99. The molecule has 5 rings (SSSR count). The molecule has 6 nitrogen and oxygen atoms in total. The van der Waals surface area contributed by atoms with Gasteiger partial charge in [-0.25, -0.2) is 0 Å². The molecule has 190 valence electrons. The number of thioether (sulfide) groups is 1. The van der Waals surface area contributed by atoms with E-state index in [0.29, 0.717) is 11.7 Å². The van der Waals surface area contributed by atoms with Gasteiger partial charge in [0.05, 0.1) is 12.3 Å². The van der Waals surface area contributed by atoms with Crippen molar-refractivity contribution in [1.29, 1.82) is 0 Å². The lowest BCUT2D eigenvalue weighted by Gasteiger charge is -2.23. The summed E-state index contributed by atoms with van der Waals surface area (Å²) in [4.78, 5) is 15.3. The minimum atomic E-state index is -0.0368. The van der Waals surface area contributed by atoms with E-state index in [1.54, 1.807) is 4.90 Å². The second kappa shape index (κ2) is 11.8. The Balaban J connectivity index is 1.41. The number of nitrogens with zero attached hydrogens (tertiary/aromatic N) is 4. The molecule has 0 radical (unpaired) electrons. The molecule has 7 heteroatoms. The second-order valence-corrected chi connectivity index (χ2v) is 9.82. The summed E-state index contributed by atoms with van der Waals surface area (Å²) >= 11 is 1.39. The van der Waals surface area contributed by atoms with Crippen molar-refractivity contribution in [2.24, 2.45) is 0 Å². The number of hydrogen-bond acceptors (Lipinski definition) is 5. The van der Waals surface area contributed by atoms with Gasteiger partial charge in [0.25, 0.3) is 0 Å². The molecule has 0 fully saturated rings. The SMILES string of the molecule is Cc1cccc(C)c1NCc1nnc(SCC(=O)N(c2ccccc2)c2ccccc2)n1-c1ccccc1. The summed E-state index contributed by atoms with van der Waals surface area (Å²) in [6, 6.07) is 35.7. The number of carbonyl (C=O) groups excluding carboxylic acids is 1. The fourth-order valence-corrected chi connectivity index (χ4v) is 5.21. The first kappa shape index (κ1) is 25.3. The third kappa shape index (κ3) is 5.63. The van der Waals surface area contributed by atoms with Gasteiger partial charge in [-0.3, -0.25) is 14.3 Å². The maximum atomic E-state index is 13.6. The molecule has 1 heterocycles. The molecule has 0 aliphatic rings. The van der Waals surface area contributed by atoms with Crippen molar-refractivity contribution >= 4 is 34.7 Å². The van der Waals surface area contributed by atoms with E-state index in [4.69, 9.17) is 0 Å². The third-order valence-electron chi connectivity index (χ3n) is 6.22. The van der Waals surface area contributed by atoms with Gasteiger partial charge in [-0.1, -0.05) is 84.6 Å². The van der Waals surface area contributed by atoms with Crippen LogP contribution in [-0.4, -0.2) is 26.4 Å². The van der Waals surface area contributed by atoms with Crippen LogP contribution in [0.3, 0.4) is 0 Å². The molecular weight excluding hydrogens is 490 g/mol. The summed E-state index contributed by atoms with van der Waals surface area (Å²) in [5.41, 5.74) is 6.06. The molecule has 5 aromatic rings. The van der Waals surface area contributed by atoms with Crippen LogP contribution in [0.2, 0.25) is 0 Å². The maximum absolute atomic E-state index is 13.6. The number of hydrogen-bond donors (Lipinski definition) is 1. The summed E-state index contributed by atoms with van der Waals surface area (Å²) < 4.78 is 2.02. The Labute approximate surface area is 227 Å². The van der Waals surface area contributed by atoms with Crippen LogP contribution in [0.4, 0.5) is 17.1 Å². The molecule has 0 saturated heterocycles. The highest BCUT2D eigenvalue weighted by Crippen LogP contribution is 2.29. The highest BCUT2D eigenvalue weighted by Gasteiger charge is 2.21. The molecule has 4 aromatic carbocycles. The largest absolute Gasteiger partial charge is 0.377 e. The fourth-order valence-electron chi connectivity index (χ4n) is 4.39. The second-order valence-electron chi connectivity index (χ2n) is 8.88. The Kier molecular flexibility index (Phi) is 7.85. The minimum absolute atomic E-state index is 0.0368. The summed E-state index contributed by atoms with van der Waals surface area (Å²) in [5, 5.41) is 13.2. The Morgan fingerprint density at radius 2 is 1.32 bits per heavy atom. The smallest absolute Gasteiger partial charge is 0.242 e. The van der Waals surface area contributed by atoms with Gasteiger partial charge in [-0.15, -0.1) is 10.2 Å². The molecule has 38 heavy (non-hydrogen) atoms. The predicted octanol–water partition coefficient (Wildman–Crippen LogP) is 6.95. The van der Waals surface area contributed by atoms with Gasteiger partial charge in [-0.2, -0.15) is 0 Å². The van der Waals surface area contributed by atoms with Crippen LogP contribution < -0.4 is 10.2 Å². The van der Waals surface area contributed by atoms with Crippen molar-refractivity contribution in [3.63, 3.8) is 0 Å². The fraction of sp³-hybridized carbons (Fsp3) is 0.129. The number of amides is 1. The number of anilines is 3. The quantitative estimate of drug-likeness (QED) is 0.213. The maximum Gasteiger partial charge on any atom is 0.242 e. The van der Waals surface area contributed by atoms with E-state index in [9.17, 15) is 4.79 Å². The van der Waals surface area contributed by atoms with Crippen molar-refractivity contribution in [3.05, 3.63) is 126 Å². The number of nitrogens with one attached hydrogen (secondary N) is 1. The average Bonchev–Trinajstić information content (AvgIpc) is 3.36. The van der Waals surface area contributed by atoms with Gasteiger partial charge in [0.2, 0.25) is 5.91 Å². The third-order valence-corrected chi connectivity index (χ3v) is 7.14. The van der Waals surface area contributed by atoms with Gasteiger partial charge >= 0.3 is 0 Å². The zero-order chi connectivity index (χ0) is 26.3. The molecule has 1 amide bonds. The monoisotopic (exact) mass is 519 g/mol. The standard InChI is InChI=1S/C31H29N5OS/c1-23-13-12-14-24(2)30(23)32-21-28-33-34-31(36(28)27-19-10-5-11-20-27)38-22-29(37)35(25-15-6-3-7-16-25)26-17-8-4-9-18-26/h3-20,32H,21-22H2,1-2H3. The van der Waals surface area contributed by atoms with E-state index < -0.39 is 0 Å². The number of para-hydroxylation sites is 4. The van der Waals surface area contributed by atoms with E-state index in [-0.39, 0.29) is 11.7 Å². The molecule has 0 bridgehead atoms. The molecule has 0 aliphatic heterocycles. The van der Waals surface area contributed by atoms with Crippen LogP contribution in [0.15, 0.2) is 114 Å². The van der Waals surface area contributed by atoms with Crippen LogP contribution in [0.1, 0.15) is 17.0 Å². The normalized spacial score (nSPS) is 10.8. The van der Waals surface area contributed by atoms with E-state index in [0.717, 1.165) is 28.6 Å². The predicted molar refractivity (Wildman–Crippen MR) is 155 cm³/mol. The first-order chi connectivity index (χ1) is 18.6. The Morgan fingerprint density at radius 3 is 1.89 bits per heavy atom. The summed E-state index contributed by atoms with van der Waals surface area (Å²) in [5.74, 6) is 0.945. The van der Waals surface area contributed by atoms with E-state index in [1.807, 2.05) is 95.6 Å². The Bertz CT molecular complexity index is 1440. The number of carbonyl (C=O) groups is 1. The molecule has 0 atom stereocenters. The molecule has 1 N–H and O–H groups in total. The molecule has 0 saturated carbocycles. The van der Waals surface area contributed by atoms with Gasteiger partial charge in [0, 0.05) is 22.7 Å². The Hall–Kier alpha value is -4.36. The highest BCUT2D eigenvalue weighted by atomic mass is 32.2. The number of aryl methyl sites for hydroxylation is 2. The first-order valence-electron chi connectivity index (χ1n) is 12.5. The zero-order valence-corrected chi connectivity index (χ0v) is 22.2. The van der Waals surface area contributed by atoms with Crippen LogP contribution >= 0.6 is 11.8 Å². The lowest BCUT2D eigenvalue weighted by Crippen LogP contribution is -2.27. The lowest BCUT2D eigenvalue weighted by atomic mass is 10.1. The van der Waals surface area contributed by atoms with Gasteiger partial charge in [-0.05, 0) is 61.4 Å². The van der Waals surface area contributed by atoms with Crippen molar-refractivity contribution in [3.8, 4) is 5.69 Å². The average molecular weight is 520 g/mol. The van der Waals surface area contributed by atoms with E-state index >= 15 is 0 Å². The molecular formula is C31H29N5OS. The van der Waals surface area contributed by atoms with E-state index in [1.165, 1.54) is 22.9 Å².